The van der Waals surface area contributed by atoms with Crippen molar-refractivity contribution in [2.45, 2.75) is 0 Å². The zero-order valence-corrected chi connectivity index (χ0v) is 6.87. The number of nitrogens with one attached hydrogen (secondary N) is 2. The lowest BCUT2D eigenvalue weighted by atomic mass is 10.3. The molecular weight excluding hydrogens is 176 g/mol. The monoisotopic (exact) mass is 184 g/mol. The molecule has 0 aliphatic heterocycles. The molecule has 6 nitrogen and oxygen atoms in total. The summed E-state index contributed by atoms with van der Waals surface area (Å²) in [6.07, 6.45) is 1.87. The standard InChI is InChI=1S/C7H8N2O4/c1-12-7(11)9-8-6(10)5-2-3-13-4-5/h2-4H,1H3,(H,8,10)(H,9,11). The minimum Gasteiger partial charge on any atom is -0.472 e. The van der Waals surface area contributed by atoms with Crippen LogP contribution in [0.15, 0.2) is 23.0 Å². The lowest BCUT2D eigenvalue weighted by molar-refractivity contribution is 0.0920. The number of carbonyl (C=O) groups excluding carboxylic acids is 2. The van der Waals surface area contributed by atoms with Gasteiger partial charge in [0, 0.05) is 0 Å². The van der Waals surface area contributed by atoms with Crippen molar-refractivity contribution in [3.05, 3.63) is 24.2 Å². The number of rotatable bonds is 1. The molecule has 70 valence electrons. The molecule has 0 fully saturated rings. The normalized spacial score (nSPS) is 9.00. The van der Waals surface area contributed by atoms with Crippen molar-refractivity contribution in [2.24, 2.45) is 0 Å². The zero-order chi connectivity index (χ0) is 9.68. The highest BCUT2D eigenvalue weighted by molar-refractivity contribution is 5.94. The third kappa shape index (κ3) is 2.51. The first-order valence-corrected chi connectivity index (χ1v) is 3.40. The molecule has 1 rings (SSSR count). The summed E-state index contributed by atoms with van der Waals surface area (Å²) in [5.41, 5.74) is 4.45. The van der Waals surface area contributed by atoms with Gasteiger partial charge < -0.3 is 9.15 Å². The Morgan fingerprint density at radius 3 is 2.77 bits per heavy atom. The van der Waals surface area contributed by atoms with Crippen molar-refractivity contribution in [2.75, 3.05) is 7.11 Å². The van der Waals surface area contributed by atoms with Gasteiger partial charge in [-0.25, -0.2) is 10.2 Å². The highest BCUT2D eigenvalue weighted by Crippen LogP contribution is 1.97. The number of methoxy groups -OCH3 is 1. The van der Waals surface area contributed by atoms with Crippen LogP contribution in [0.3, 0.4) is 0 Å². The quantitative estimate of drug-likeness (QED) is 0.614. The van der Waals surface area contributed by atoms with E-state index < -0.39 is 12.0 Å². The minimum atomic E-state index is -0.739. The van der Waals surface area contributed by atoms with Gasteiger partial charge in [-0.1, -0.05) is 0 Å². The topological polar surface area (TPSA) is 80.6 Å². The van der Waals surface area contributed by atoms with Crippen LogP contribution in [-0.2, 0) is 4.74 Å². The molecule has 0 spiro atoms. The lowest BCUT2D eigenvalue weighted by Crippen LogP contribution is -2.41. The van der Waals surface area contributed by atoms with E-state index in [2.05, 4.69) is 14.6 Å². The fraction of sp³-hybridized carbons (Fsp3) is 0.143. The molecule has 1 aromatic heterocycles. The number of ether oxygens (including phenoxy) is 1. The van der Waals surface area contributed by atoms with E-state index >= 15 is 0 Å². The molecule has 0 unspecified atom stereocenters. The molecule has 13 heavy (non-hydrogen) atoms. The Morgan fingerprint density at radius 2 is 2.23 bits per heavy atom. The van der Waals surface area contributed by atoms with Crippen LogP contribution in [0.2, 0.25) is 0 Å². The molecule has 2 amide bonds. The number of hydrogen-bond donors (Lipinski definition) is 2. The van der Waals surface area contributed by atoms with Gasteiger partial charge in [-0.2, -0.15) is 0 Å². The van der Waals surface area contributed by atoms with E-state index in [0.717, 1.165) is 0 Å². The molecular formula is C7H8N2O4. The largest absolute Gasteiger partial charge is 0.472 e. The summed E-state index contributed by atoms with van der Waals surface area (Å²) in [5, 5.41) is 0. The van der Waals surface area contributed by atoms with Crippen LogP contribution in [-0.4, -0.2) is 19.1 Å². The van der Waals surface area contributed by atoms with E-state index in [4.69, 9.17) is 0 Å². The van der Waals surface area contributed by atoms with Gasteiger partial charge in [0.25, 0.3) is 5.91 Å². The van der Waals surface area contributed by atoms with Crippen LogP contribution in [0.25, 0.3) is 0 Å². The predicted molar refractivity (Wildman–Crippen MR) is 41.7 cm³/mol. The summed E-state index contributed by atoms with van der Waals surface area (Å²) in [5.74, 6) is -0.473. The molecule has 0 radical (unpaired) electrons. The van der Waals surface area contributed by atoms with Gasteiger partial charge in [-0.05, 0) is 6.07 Å². The third-order valence-corrected chi connectivity index (χ3v) is 1.25. The number of hydrogen-bond acceptors (Lipinski definition) is 4. The smallest absolute Gasteiger partial charge is 0.425 e. The van der Waals surface area contributed by atoms with Gasteiger partial charge in [0.1, 0.15) is 6.26 Å². The predicted octanol–water partition coefficient (Wildman–Crippen LogP) is 0.280. The Balaban J connectivity index is 2.39. The van der Waals surface area contributed by atoms with Crippen LogP contribution < -0.4 is 10.9 Å². The summed E-state index contributed by atoms with van der Waals surface area (Å²) in [6, 6.07) is 1.47. The molecule has 1 heterocycles. The summed E-state index contributed by atoms with van der Waals surface area (Å²) in [7, 11) is 1.19. The van der Waals surface area contributed by atoms with Gasteiger partial charge in [-0.3, -0.25) is 10.2 Å². The SMILES string of the molecule is COC(=O)NNC(=O)c1ccoc1. The second kappa shape index (κ2) is 4.15. The summed E-state index contributed by atoms with van der Waals surface area (Å²) in [4.78, 5) is 21.6. The second-order valence-corrected chi connectivity index (χ2v) is 2.08. The first-order chi connectivity index (χ1) is 6.24. The van der Waals surface area contributed by atoms with E-state index in [-0.39, 0.29) is 0 Å². The van der Waals surface area contributed by atoms with Crippen molar-refractivity contribution in [3.8, 4) is 0 Å². The van der Waals surface area contributed by atoms with Gasteiger partial charge in [0.15, 0.2) is 0 Å². The molecule has 0 bridgehead atoms. The number of carbonyl (C=O) groups is 2. The first kappa shape index (κ1) is 9.11. The molecule has 0 saturated carbocycles. The first-order valence-electron chi connectivity index (χ1n) is 3.40. The Hall–Kier alpha value is -1.98. The molecule has 0 aromatic carbocycles. The average molecular weight is 184 g/mol. The maximum Gasteiger partial charge on any atom is 0.425 e. The Bertz CT molecular complexity index is 293. The van der Waals surface area contributed by atoms with Crippen LogP contribution in [0.5, 0.6) is 0 Å². The third-order valence-electron chi connectivity index (χ3n) is 1.25. The van der Waals surface area contributed by atoms with Gasteiger partial charge in [-0.15, -0.1) is 0 Å². The molecule has 0 aliphatic rings. The lowest BCUT2D eigenvalue weighted by Gasteiger charge is -2.03. The molecule has 2 N–H and O–H groups in total. The minimum absolute atomic E-state index is 0.316. The number of hydrazine groups is 1. The van der Waals surface area contributed by atoms with E-state index in [1.165, 1.54) is 25.7 Å². The highest BCUT2D eigenvalue weighted by atomic mass is 16.5. The fourth-order valence-electron chi connectivity index (χ4n) is 0.625. The number of amides is 2. The molecule has 1 aromatic rings. The summed E-state index contributed by atoms with van der Waals surface area (Å²) in [6.45, 7) is 0. The maximum atomic E-state index is 11.1. The van der Waals surface area contributed by atoms with Gasteiger partial charge >= 0.3 is 6.09 Å². The summed E-state index contributed by atoms with van der Waals surface area (Å²) >= 11 is 0. The highest BCUT2D eigenvalue weighted by Gasteiger charge is 2.07. The molecule has 6 heteroatoms. The molecule has 0 aliphatic carbocycles. The van der Waals surface area contributed by atoms with E-state index in [1.807, 2.05) is 5.43 Å². The molecule has 0 saturated heterocycles. The fourth-order valence-corrected chi connectivity index (χ4v) is 0.625. The van der Waals surface area contributed by atoms with Gasteiger partial charge in [0.2, 0.25) is 0 Å². The van der Waals surface area contributed by atoms with Crippen molar-refractivity contribution >= 4 is 12.0 Å². The summed E-state index contributed by atoms with van der Waals surface area (Å²) < 4.78 is 8.89. The Morgan fingerprint density at radius 1 is 1.46 bits per heavy atom. The van der Waals surface area contributed by atoms with Crippen molar-refractivity contribution in [3.63, 3.8) is 0 Å². The van der Waals surface area contributed by atoms with E-state index in [0.29, 0.717) is 5.56 Å². The maximum absolute atomic E-state index is 11.1. The average Bonchev–Trinajstić information content (AvgIpc) is 2.66. The van der Waals surface area contributed by atoms with Crippen molar-refractivity contribution in [1.82, 2.24) is 10.9 Å². The van der Waals surface area contributed by atoms with Crippen LogP contribution >= 0.6 is 0 Å². The van der Waals surface area contributed by atoms with Crippen LogP contribution in [0.4, 0.5) is 4.79 Å². The second-order valence-electron chi connectivity index (χ2n) is 2.08. The Kier molecular flexibility index (Phi) is 2.91. The van der Waals surface area contributed by atoms with Crippen LogP contribution in [0.1, 0.15) is 10.4 Å². The van der Waals surface area contributed by atoms with E-state index in [9.17, 15) is 9.59 Å². The zero-order valence-electron chi connectivity index (χ0n) is 6.87. The van der Waals surface area contributed by atoms with Crippen molar-refractivity contribution < 1.29 is 18.7 Å². The van der Waals surface area contributed by atoms with Crippen LogP contribution in [0, 0.1) is 0 Å². The van der Waals surface area contributed by atoms with E-state index in [1.54, 1.807) is 0 Å². The number of furan rings is 1. The Labute approximate surface area is 73.8 Å². The van der Waals surface area contributed by atoms with Crippen molar-refractivity contribution in [1.29, 1.82) is 0 Å². The van der Waals surface area contributed by atoms with Gasteiger partial charge in [0.05, 0.1) is 18.9 Å². The molecule has 0 atom stereocenters.